The second-order valence-electron chi connectivity index (χ2n) is 7.48. The molecule has 3 aromatic carbocycles. The molecule has 160 valence electrons. The molecule has 0 aromatic heterocycles. The first-order chi connectivity index (χ1) is 14.7. The normalized spacial score (nSPS) is 12.8. The first-order valence-corrected chi connectivity index (χ1v) is 11.6. The minimum Gasteiger partial charge on any atom is -0.296 e. The Morgan fingerprint density at radius 3 is 1.71 bits per heavy atom. The van der Waals surface area contributed by atoms with Gasteiger partial charge in [0.15, 0.2) is 0 Å². The zero-order valence-corrected chi connectivity index (χ0v) is 18.1. The molecule has 0 bridgehead atoms. The highest BCUT2D eigenvalue weighted by molar-refractivity contribution is 7.76. The SMILES string of the molecule is CC(C)C(C#Cc1ccc(C(F)(F)F)cc1)NP(=O)(c1ccccc1)c1ccccc1. The molecule has 1 unspecified atom stereocenters. The van der Waals surface area contributed by atoms with Gasteiger partial charge in [-0.05, 0) is 54.4 Å². The summed E-state index contributed by atoms with van der Waals surface area (Å²) in [6.07, 6.45) is -4.38. The fourth-order valence-corrected chi connectivity index (χ4v) is 5.56. The molecule has 6 heteroatoms. The van der Waals surface area contributed by atoms with Crippen molar-refractivity contribution in [3.63, 3.8) is 0 Å². The lowest BCUT2D eigenvalue weighted by Crippen LogP contribution is -2.37. The van der Waals surface area contributed by atoms with Crippen LogP contribution in [0.4, 0.5) is 13.2 Å². The van der Waals surface area contributed by atoms with Gasteiger partial charge in [0.25, 0.3) is 0 Å². The zero-order chi connectivity index (χ0) is 22.5. The van der Waals surface area contributed by atoms with Crippen LogP contribution in [0, 0.1) is 17.8 Å². The molecule has 0 fully saturated rings. The molecule has 0 radical (unpaired) electrons. The van der Waals surface area contributed by atoms with Crippen molar-refractivity contribution in [1.82, 2.24) is 5.09 Å². The number of rotatable bonds is 5. The van der Waals surface area contributed by atoms with Gasteiger partial charge in [-0.3, -0.25) is 4.57 Å². The smallest absolute Gasteiger partial charge is 0.296 e. The minimum atomic E-state index is -4.38. The summed E-state index contributed by atoms with van der Waals surface area (Å²) in [6.45, 7) is 3.92. The van der Waals surface area contributed by atoms with E-state index < -0.39 is 25.1 Å². The number of halogens is 3. The largest absolute Gasteiger partial charge is 0.416 e. The maximum atomic E-state index is 14.2. The van der Waals surface area contributed by atoms with Crippen molar-refractivity contribution in [1.29, 1.82) is 0 Å². The highest BCUT2D eigenvalue weighted by atomic mass is 31.2. The van der Waals surface area contributed by atoms with E-state index in [1.54, 1.807) is 0 Å². The van der Waals surface area contributed by atoms with Gasteiger partial charge in [0.2, 0.25) is 7.29 Å². The van der Waals surface area contributed by atoms with Crippen LogP contribution in [0.5, 0.6) is 0 Å². The average Bonchev–Trinajstić information content (AvgIpc) is 2.77. The standard InChI is InChI=1S/C25H23F3NOP/c1-19(2)24(18-15-20-13-16-21(17-14-20)25(26,27)28)29-31(30,22-9-5-3-6-10-22)23-11-7-4-8-12-23/h3-14,16-17,19,24H,1-2H3,(H,29,30). The molecule has 1 N–H and O–H groups in total. The second-order valence-corrected chi connectivity index (χ2v) is 9.99. The van der Waals surface area contributed by atoms with E-state index in [1.165, 1.54) is 12.1 Å². The predicted octanol–water partition coefficient (Wildman–Crippen LogP) is 5.60. The van der Waals surface area contributed by atoms with Crippen molar-refractivity contribution in [2.75, 3.05) is 0 Å². The van der Waals surface area contributed by atoms with Crippen LogP contribution in [0.3, 0.4) is 0 Å². The van der Waals surface area contributed by atoms with Crippen LogP contribution in [0.2, 0.25) is 0 Å². The molecule has 0 saturated heterocycles. The van der Waals surface area contributed by atoms with Gasteiger partial charge < -0.3 is 0 Å². The maximum absolute atomic E-state index is 14.2. The molecule has 0 spiro atoms. The Morgan fingerprint density at radius 2 is 1.29 bits per heavy atom. The summed E-state index contributed by atoms with van der Waals surface area (Å²) in [5.41, 5.74) is -0.246. The van der Waals surface area contributed by atoms with E-state index in [-0.39, 0.29) is 5.92 Å². The molecule has 0 amide bonds. The molecule has 3 rings (SSSR count). The fraction of sp³-hybridized carbons (Fsp3) is 0.200. The minimum absolute atomic E-state index is 0.0164. The Kier molecular flexibility index (Phi) is 7.05. The van der Waals surface area contributed by atoms with Crippen molar-refractivity contribution >= 4 is 17.9 Å². The van der Waals surface area contributed by atoms with Crippen molar-refractivity contribution < 1.29 is 17.7 Å². The van der Waals surface area contributed by atoms with Crippen LogP contribution in [-0.4, -0.2) is 6.04 Å². The van der Waals surface area contributed by atoms with Gasteiger partial charge >= 0.3 is 6.18 Å². The first-order valence-electron chi connectivity index (χ1n) is 9.88. The van der Waals surface area contributed by atoms with E-state index in [2.05, 4.69) is 16.9 Å². The molecular weight excluding hydrogens is 418 g/mol. The molecule has 31 heavy (non-hydrogen) atoms. The monoisotopic (exact) mass is 441 g/mol. The van der Waals surface area contributed by atoms with E-state index in [9.17, 15) is 17.7 Å². The van der Waals surface area contributed by atoms with Gasteiger partial charge in [-0.2, -0.15) is 13.2 Å². The third-order valence-electron chi connectivity index (χ3n) is 4.81. The lowest BCUT2D eigenvalue weighted by molar-refractivity contribution is -0.137. The molecule has 0 saturated carbocycles. The molecule has 1 atom stereocenters. The topological polar surface area (TPSA) is 29.1 Å². The van der Waals surface area contributed by atoms with Gasteiger partial charge in [0.05, 0.1) is 11.6 Å². The summed E-state index contributed by atoms with van der Waals surface area (Å²) in [4.78, 5) is 0. The molecule has 0 aliphatic rings. The van der Waals surface area contributed by atoms with Crippen LogP contribution in [0.1, 0.15) is 25.0 Å². The van der Waals surface area contributed by atoms with E-state index in [1.807, 2.05) is 74.5 Å². The van der Waals surface area contributed by atoms with Crippen molar-refractivity contribution in [2.24, 2.45) is 5.92 Å². The predicted molar refractivity (Wildman–Crippen MR) is 120 cm³/mol. The molecule has 0 heterocycles. The zero-order valence-electron chi connectivity index (χ0n) is 17.2. The molecule has 2 nitrogen and oxygen atoms in total. The van der Waals surface area contributed by atoms with Gasteiger partial charge in [-0.15, -0.1) is 0 Å². The third-order valence-corrected chi connectivity index (χ3v) is 7.50. The summed E-state index contributed by atoms with van der Waals surface area (Å²) in [5.74, 6) is 6.02. The van der Waals surface area contributed by atoms with Crippen molar-refractivity contribution in [2.45, 2.75) is 26.1 Å². The lowest BCUT2D eigenvalue weighted by Gasteiger charge is -2.26. The highest BCUT2D eigenvalue weighted by Crippen LogP contribution is 2.40. The van der Waals surface area contributed by atoms with Gasteiger partial charge in [0.1, 0.15) is 0 Å². The second kappa shape index (κ2) is 9.56. The van der Waals surface area contributed by atoms with Crippen LogP contribution >= 0.6 is 7.29 Å². The van der Waals surface area contributed by atoms with Crippen molar-refractivity contribution in [3.05, 3.63) is 96.1 Å². The molecule has 0 aliphatic heterocycles. The van der Waals surface area contributed by atoms with Crippen LogP contribution in [-0.2, 0) is 10.7 Å². The third kappa shape index (κ3) is 5.67. The van der Waals surface area contributed by atoms with E-state index in [0.29, 0.717) is 16.2 Å². The number of hydrogen-bond acceptors (Lipinski definition) is 1. The Hall–Kier alpha value is -2.80. The van der Waals surface area contributed by atoms with Crippen LogP contribution in [0.25, 0.3) is 0 Å². The first kappa shape index (κ1) is 22.9. The quantitative estimate of drug-likeness (QED) is 0.413. The lowest BCUT2D eigenvalue weighted by atomic mass is 10.1. The summed E-state index contributed by atoms with van der Waals surface area (Å²) in [6, 6.07) is 22.7. The molecule has 3 aromatic rings. The number of hydrogen-bond donors (Lipinski definition) is 1. The summed E-state index contributed by atoms with van der Waals surface area (Å²) in [7, 11) is -3.19. The Morgan fingerprint density at radius 1 is 0.806 bits per heavy atom. The van der Waals surface area contributed by atoms with E-state index >= 15 is 0 Å². The number of nitrogens with one attached hydrogen (secondary N) is 1. The van der Waals surface area contributed by atoms with Crippen LogP contribution in [0.15, 0.2) is 84.9 Å². The molecule has 0 aliphatic carbocycles. The Bertz CT molecular complexity index is 1060. The Labute approximate surface area is 180 Å². The number of alkyl halides is 3. The summed E-state index contributed by atoms with van der Waals surface area (Å²) < 4.78 is 52.5. The van der Waals surface area contributed by atoms with Crippen LogP contribution < -0.4 is 15.7 Å². The molecular formula is C25H23F3NOP. The summed E-state index contributed by atoms with van der Waals surface area (Å²) in [5, 5.41) is 4.61. The maximum Gasteiger partial charge on any atom is 0.416 e. The average molecular weight is 441 g/mol. The van der Waals surface area contributed by atoms with E-state index in [0.717, 1.165) is 12.1 Å². The van der Waals surface area contributed by atoms with Crippen molar-refractivity contribution in [3.8, 4) is 11.8 Å². The van der Waals surface area contributed by atoms with E-state index in [4.69, 9.17) is 0 Å². The Balaban J connectivity index is 1.94. The number of benzene rings is 3. The van der Waals surface area contributed by atoms with Gasteiger partial charge in [-0.1, -0.05) is 62.1 Å². The van der Waals surface area contributed by atoms with Gasteiger partial charge in [0, 0.05) is 16.2 Å². The van der Waals surface area contributed by atoms with Gasteiger partial charge in [-0.25, -0.2) is 5.09 Å². The summed E-state index contributed by atoms with van der Waals surface area (Å²) >= 11 is 0. The fourth-order valence-electron chi connectivity index (χ4n) is 3.02. The highest BCUT2D eigenvalue weighted by Gasteiger charge is 2.31.